The van der Waals surface area contributed by atoms with Gasteiger partial charge >= 0.3 is 6.09 Å². The molecule has 0 radical (unpaired) electrons. The average molecular weight is 530 g/mol. The van der Waals surface area contributed by atoms with Crippen molar-refractivity contribution in [3.8, 4) is 0 Å². The van der Waals surface area contributed by atoms with Crippen LogP contribution in [0.4, 0.5) is 4.79 Å². The third-order valence-corrected chi connectivity index (χ3v) is 12.4. The van der Waals surface area contributed by atoms with Crippen molar-refractivity contribution >= 4 is 30.7 Å². The van der Waals surface area contributed by atoms with Crippen LogP contribution >= 0.6 is 0 Å². The van der Waals surface area contributed by atoms with E-state index in [1.807, 2.05) is 42.5 Å². The van der Waals surface area contributed by atoms with Gasteiger partial charge in [-0.1, -0.05) is 118 Å². The Hall–Kier alpha value is -3.22. The molecule has 1 aliphatic rings. The largest absolute Gasteiger partial charge is 0.447 e. The van der Waals surface area contributed by atoms with E-state index in [9.17, 15) is 9.59 Å². The molecule has 200 valence electrons. The first-order valence-corrected chi connectivity index (χ1v) is 15.5. The summed E-state index contributed by atoms with van der Waals surface area (Å²) in [6, 6.07) is 30.9. The molecule has 3 aromatic carbocycles. The van der Waals surface area contributed by atoms with Gasteiger partial charge in [-0.3, -0.25) is 4.79 Å². The molecule has 1 aliphatic heterocycles. The number of hydrogen-bond acceptors (Lipinski definition) is 4. The second kappa shape index (κ2) is 12.5. The predicted octanol–water partition coefficient (Wildman–Crippen LogP) is 5.71. The predicted molar refractivity (Wildman–Crippen MR) is 154 cm³/mol. The molecule has 0 saturated carbocycles. The van der Waals surface area contributed by atoms with Gasteiger partial charge in [-0.2, -0.15) is 0 Å². The van der Waals surface area contributed by atoms with Crippen molar-refractivity contribution in [2.24, 2.45) is 0 Å². The zero-order valence-corrected chi connectivity index (χ0v) is 23.8. The molecule has 0 aromatic heterocycles. The highest BCUT2D eigenvalue weighted by molar-refractivity contribution is 6.99. The van der Waals surface area contributed by atoms with E-state index in [2.05, 4.69) is 69.3 Å². The summed E-state index contributed by atoms with van der Waals surface area (Å²) in [5.74, 6) is -0.152. The summed E-state index contributed by atoms with van der Waals surface area (Å²) >= 11 is 0. The van der Waals surface area contributed by atoms with Crippen LogP contribution in [0.3, 0.4) is 0 Å². The Labute approximate surface area is 227 Å². The minimum Gasteiger partial charge on any atom is -0.447 e. The van der Waals surface area contributed by atoms with E-state index in [4.69, 9.17) is 9.16 Å². The van der Waals surface area contributed by atoms with E-state index in [1.54, 1.807) is 0 Å². The lowest BCUT2D eigenvalue weighted by molar-refractivity contribution is -0.129. The van der Waals surface area contributed by atoms with Gasteiger partial charge in [0, 0.05) is 13.0 Å². The van der Waals surface area contributed by atoms with Gasteiger partial charge < -0.3 is 9.16 Å². The fourth-order valence-electron chi connectivity index (χ4n) is 5.46. The highest BCUT2D eigenvalue weighted by atomic mass is 28.4. The first kappa shape index (κ1) is 27.8. The fourth-order valence-corrected chi connectivity index (χ4v) is 10.1. The molecular weight excluding hydrogens is 490 g/mol. The highest BCUT2D eigenvalue weighted by Gasteiger charge is 2.50. The Morgan fingerprint density at radius 2 is 1.42 bits per heavy atom. The lowest BCUT2D eigenvalue weighted by Gasteiger charge is -2.43. The molecule has 0 unspecified atom stereocenters. The van der Waals surface area contributed by atoms with Gasteiger partial charge in [0.2, 0.25) is 5.91 Å². The van der Waals surface area contributed by atoms with E-state index < -0.39 is 14.4 Å². The summed E-state index contributed by atoms with van der Waals surface area (Å²) in [5.41, 5.74) is 1.09. The molecule has 1 fully saturated rings. The van der Waals surface area contributed by atoms with Crippen LogP contribution in [0, 0.1) is 0 Å². The summed E-state index contributed by atoms with van der Waals surface area (Å²) in [6.45, 7) is 7.71. The number of benzene rings is 3. The van der Waals surface area contributed by atoms with E-state index in [0.29, 0.717) is 25.9 Å². The van der Waals surface area contributed by atoms with E-state index in [-0.39, 0.29) is 23.6 Å². The minimum atomic E-state index is -2.54. The van der Waals surface area contributed by atoms with Crippen molar-refractivity contribution in [2.45, 2.75) is 64.0 Å². The number of cyclic esters (lactones) is 1. The van der Waals surface area contributed by atoms with Crippen molar-refractivity contribution in [3.63, 3.8) is 0 Å². The van der Waals surface area contributed by atoms with Crippen molar-refractivity contribution in [2.75, 3.05) is 13.2 Å². The third kappa shape index (κ3) is 6.25. The van der Waals surface area contributed by atoms with Crippen LogP contribution in [-0.4, -0.2) is 44.5 Å². The molecule has 4 rings (SSSR count). The Bertz CT molecular complexity index is 1140. The second-order valence-electron chi connectivity index (χ2n) is 11.0. The summed E-state index contributed by atoms with van der Waals surface area (Å²) in [7, 11) is -2.54. The SMILES string of the molecule is CC(C)(C)[Si](OCCCCCC(=O)N1C(=O)OC[C@H]1Cc1ccccc1)(c1ccccc1)c1ccccc1. The standard InChI is InChI=1S/C32H39NO4Si/c1-32(2,3)38(28-18-10-5-11-19-28,29-20-12-6-13-21-29)37-23-15-7-14-22-30(34)33-27(25-36-31(33)35)24-26-16-8-4-9-17-26/h4-6,8-13,16-21,27H,7,14-15,22-25H2,1-3H3/t27-/m1/s1. The Kier molecular flexibility index (Phi) is 9.18. The van der Waals surface area contributed by atoms with Gasteiger partial charge in [-0.05, 0) is 40.2 Å². The maximum atomic E-state index is 13.0. The number of carbonyl (C=O) groups is 2. The molecule has 0 bridgehead atoms. The number of imide groups is 1. The van der Waals surface area contributed by atoms with E-state index in [0.717, 1.165) is 18.4 Å². The summed E-state index contributed by atoms with van der Waals surface area (Å²) in [6.07, 6.45) is 2.85. The van der Waals surface area contributed by atoms with Gasteiger partial charge in [-0.15, -0.1) is 0 Å². The topological polar surface area (TPSA) is 55.8 Å². The lowest BCUT2D eigenvalue weighted by Crippen LogP contribution is -2.66. The average Bonchev–Trinajstić information content (AvgIpc) is 3.28. The molecule has 2 amide bonds. The molecule has 1 heterocycles. The monoisotopic (exact) mass is 529 g/mol. The first-order valence-electron chi connectivity index (χ1n) is 13.6. The number of carbonyl (C=O) groups excluding carboxylic acids is 2. The summed E-state index contributed by atoms with van der Waals surface area (Å²) in [4.78, 5) is 26.6. The van der Waals surface area contributed by atoms with Crippen LogP contribution < -0.4 is 10.4 Å². The number of nitrogens with zero attached hydrogens (tertiary/aromatic N) is 1. The van der Waals surface area contributed by atoms with Crippen molar-refractivity contribution < 1.29 is 18.8 Å². The maximum Gasteiger partial charge on any atom is 0.416 e. The quantitative estimate of drug-likeness (QED) is 0.236. The van der Waals surface area contributed by atoms with E-state index >= 15 is 0 Å². The van der Waals surface area contributed by atoms with Crippen molar-refractivity contribution in [3.05, 3.63) is 96.6 Å². The highest BCUT2D eigenvalue weighted by Crippen LogP contribution is 2.36. The Morgan fingerprint density at radius 3 is 1.97 bits per heavy atom. The van der Waals surface area contributed by atoms with Gasteiger partial charge in [0.15, 0.2) is 0 Å². The van der Waals surface area contributed by atoms with Crippen LogP contribution in [0.1, 0.15) is 52.0 Å². The Balaban J connectivity index is 1.34. The number of hydrogen-bond donors (Lipinski definition) is 0. The van der Waals surface area contributed by atoms with E-state index in [1.165, 1.54) is 15.3 Å². The molecule has 0 N–H and O–H groups in total. The van der Waals surface area contributed by atoms with Crippen molar-refractivity contribution in [1.82, 2.24) is 4.90 Å². The van der Waals surface area contributed by atoms with Gasteiger partial charge in [0.05, 0.1) is 6.04 Å². The molecular formula is C32H39NO4Si. The molecule has 1 atom stereocenters. The van der Waals surface area contributed by atoms with Crippen LogP contribution in [0.25, 0.3) is 0 Å². The molecule has 5 nitrogen and oxygen atoms in total. The maximum absolute atomic E-state index is 13.0. The second-order valence-corrected chi connectivity index (χ2v) is 15.3. The zero-order valence-electron chi connectivity index (χ0n) is 22.8. The number of rotatable bonds is 11. The van der Waals surface area contributed by atoms with Crippen molar-refractivity contribution in [1.29, 1.82) is 0 Å². The first-order chi connectivity index (χ1) is 18.3. The van der Waals surface area contributed by atoms with Gasteiger partial charge in [-0.25, -0.2) is 9.69 Å². The molecule has 1 saturated heterocycles. The molecule has 38 heavy (non-hydrogen) atoms. The fraction of sp³-hybridized carbons (Fsp3) is 0.375. The Morgan fingerprint density at radius 1 is 0.868 bits per heavy atom. The zero-order chi connectivity index (χ0) is 27.0. The smallest absolute Gasteiger partial charge is 0.416 e. The molecule has 6 heteroatoms. The summed E-state index contributed by atoms with van der Waals surface area (Å²) < 4.78 is 12.2. The number of ether oxygens (including phenoxy) is 1. The van der Waals surface area contributed by atoms with Crippen LogP contribution in [0.2, 0.25) is 5.04 Å². The molecule has 0 spiro atoms. The third-order valence-electron chi connectivity index (χ3n) is 7.31. The normalized spacial score (nSPS) is 15.9. The minimum absolute atomic E-state index is 0.0600. The van der Waals surface area contributed by atoms with Gasteiger partial charge in [0.25, 0.3) is 8.32 Å². The molecule has 0 aliphatic carbocycles. The van der Waals surface area contributed by atoms with Gasteiger partial charge in [0.1, 0.15) is 6.61 Å². The summed E-state index contributed by atoms with van der Waals surface area (Å²) in [5, 5.41) is 2.48. The molecule has 3 aromatic rings. The number of amides is 2. The lowest BCUT2D eigenvalue weighted by atomic mass is 10.1. The van der Waals surface area contributed by atoms with Crippen LogP contribution in [0.5, 0.6) is 0 Å². The van der Waals surface area contributed by atoms with Crippen LogP contribution in [0.15, 0.2) is 91.0 Å². The van der Waals surface area contributed by atoms with Crippen LogP contribution in [-0.2, 0) is 20.4 Å². The number of unbranched alkanes of at least 4 members (excludes halogenated alkanes) is 2.